The van der Waals surface area contributed by atoms with Crippen LogP contribution in [0.1, 0.15) is 49.7 Å². The number of nitrogens with one attached hydrogen (secondary N) is 1. The second kappa shape index (κ2) is 6.04. The number of alkyl carbamates (subject to hydrolysis) is 1. The third-order valence-corrected chi connectivity index (χ3v) is 6.34. The first-order valence-corrected chi connectivity index (χ1v) is 9.30. The number of hydrogen-bond acceptors (Lipinski definition) is 3. The molecule has 3 aliphatic rings. The van der Waals surface area contributed by atoms with E-state index in [1.54, 1.807) is 0 Å². The van der Waals surface area contributed by atoms with Gasteiger partial charge in [-0.2, -0.15) is 0 Å². The summed E-state index contributed by atoms with van der Waals surface area (Å²) in [6.07, 6.45) is 4.22. The zero-order chi connectivity index (χ0) is 17.6. The molecule has 1 heterocycles. The molecule has 5 heteroatoms. The molecule has 1 aromatic rings. The normalized spacial score (nSPS) is 33.2. The Kier molecular flexibility index (Phi) is 3.97. The Morgan fingerprint density at radius 1 is 1.28 bits per heavy atom. The van der Waals surface area contributed by atoms with Crippen molar-refractivity contribution in [2.24, 2.45) is 5.92 Å². The number of hydrogen-bond donors (Lipinski definition) is 1. The summed E-state index contributed by atoms with van der Waals surface area (Å²) in [6.45, 7) is 2.57. The largest absolute Gasteiger partial charge is 0.447 e. The molecule has 134 valence electrons. The number of ether oxygens (including phenoxy) is 1. The second-order valence-electron chi connectivity index (χ2n) is 7.95. The van der Waals surface area contributed by atoms with E-state index in [0.717, 1.165) is 19.3 Å². The number of rotatable bonds is 4. The summed E-state index contributed by atoms with van der Waals surface area (Å²) in [4.78, 5) is 25.8. The molecule has 0 aromatic heterocycles. The van der Waals surface area contributed by atoms with Gasteiger partial charge in [0.15, 0.2) is 0 Å². The van der Waals surface area contributed by atoms with Crippen LogP contribution in [0.4, 0.5) is 4.79 Å². The summed E-state index contributed by atoms with van der Waals surface area (Å²) in [7, 11) is 1.93. The highest BCUT2D eigenvalue weighted by Gasteiger charge is 2.53. The van der Waals surface area contributed by atoms with E-state index >= 15 is 0 Å². The zero-order valence-corrected chi connectivity index (χ0v) is 15.0. The fourth-order valence-corrected chi connectivity index (χ4v) is 4.44. The number of aryl methyl sites for hydroxylation is 1. The second-order valence-corrected chi connectivity index (χ2v) is 7.95. The van der Waals surface area contributed by atoms with E-state index in [1.807, 2.05) is 11.9 Å². The van der Waals surface area contributed by atoms with E-state index < -0.39 is 0 Å². The van der Waals surface area contributed by atoms with Crippen LogP contribution >= 0.6 is 0 Å². The summed E-state index contributed by atoms with van der Waals surface area (Å²) in [6, 6.07) is 9.24. The summed E-state index contributed by atoms with van der Waals surface area (Å²) < 4.78 is 4.98. The van der Waals surface area contributed by atoms with Gasteiger partial charge in [-0.15, -0.1) is 0 Å². The average Bonchev–Trinajstić information content (AvgIpc) is 2.94. The summed E-state index contributed by atoms with van der Waals surface area (Å²) in [5.74, 6) is 0.813. The van der Waals surface area contributed by atoms with Crippen molar-refractivity contribution >= 4 is 12.0 Å². The van der Waals surface area contributed by atoms with Gasteiger partial charge in [-0.1, -0.05) is 31.2 Å². The SMILES string of the molecule is CCc1ccc(C2CC(N(C)C(=O)C3CC4(COC(=O)N4)C3)C2)cc1. The van der Waals surface area contributed by atoms with Gasteiger partial charge in [0.2, 0.25) is 5.91 Å². The maximum atomic E-state index is 12.7. The molecule has 1 saturated heterocycles. The van der Waals surface area contributed by atoms with Crippen LogP contribution in [0.15, 0.2) is 24.3 Å². The fourth-order valence-electron chi connectivity index (χ4n) is 4.44. The third-order valence-electron chi connectivity index (χ3n) is 6.34. The predicted molar refractivity (Wildman–Crippen MR) is 94.3 cm³/mol. The number of amides is 2. The molecule has 1 spiro atoms. The minimum Gasteiger partial charge on any atom is -0.447 e. The molecule has 2 amide bonds. The lowest BCUT2D eigenvalue weighted by atomic mass is 9.67. The molecule has 4 rings (SSSR count). The van der Waals surface area contributed by atoms with Crippen molar-refractivity contribution in [2.45, 2.75) is 56.5 Å². The Hall–Kier alpha value is -2.04. The van der Waals surface area contributed by atoms with E-state index in [4.69, 9.17) is 4.74 Å². The van der Waals surface area contributed by atoms with Crippen molar-refractivity contribution in [1.29, 1.82) is 0 Å². The van der Waals surface area contributed by atoms with Crippen LogP contribution < -0.4 is 5.32 Å². The molecule has 0 radical (unpaired) electrons. The fraction of sp³-hybridized carbons (Fsp3) is 0.600. The molecular weight excluding hydrogens is 316 g/mol. The topological polar surface area (TPSA) is 58.6 Å². The van der Waals surface area contributed by atoms with Gasteiger partial charge in [0.25, 0.3) is 0 Å². The van der Waals surface area contributed by atoms with Crippen molar-refractivity contribution in [2.75, 3.05) is 13.7 Å². The average molecular weight is 342 g/mol. The highest BCUT2D eigenvalue weighted by Crippen LogP contribution is 2.44. The van der Waals surface area contributed by atoms with Gasteiger partial charge in [0.05, 0.1) is 5.54 Å². The molecule has 2 saturated carbocycles. The molecule has 3 fully saturated rings. The molecule has 0 unspecified atom stereocenters. The summed E-state index contributed by atoms with van der Waals surface area (Å²) in [5, 5.41) is 2.85. The molecule has 5 nitrogen and oxygen atoms in total. The quantitative estimate of drug-likeness (QED) is 0.915. The van der Waals surface area contributed by atoms with Crippen LogP contribution in [0.25, 0.3) is 0 Å². The number of cyclic esters (lactones) is 1. The van der Waals surface area contributed by atoms with Gasteiger partial charge >= 0.3 is 6.09 Å². The van der Waals surface area contributed by atoms with Crippen molar-refractivity contribution in [3.8, 4) is 0 Å². The maximum Gasteiger partial charge on any atom is 0.407 e. The predicted octanol–water partition coefficient (Wildman–Crippen LogP) is 2.84. The first kappa shape index (κ1) is 16.4. The van der Waals surface area contributed by atoms with Crippen molar-refractivity contribution < 1.29 is 14.3 Å². The maximum absolute atomic E-state index is 12.7. The smallest absolute Gasteiger partial charge is 0.407 e. The van der Waals surface area contributed by atoms with Crippen LogP contribution in [0.3, 0.4) is 0 Å². The van der Waals surface area contributed by atoms with Crippen molar-refractivity contribution in [3.63, 3.8) is 0 Å². The van der Waals surface area contributed by atoms with Crippen LogP contribution in [0, 0.1) is 5.92 Å². The lowest BCUT2D eigenvalue weighted by molar-refractivity contribution is -0.143. The van der Waals surface area contributed by atoms with Crippen molar-refractivity contribution in [1.82, 2.24) is 10.2 Å². The standard InChI is InChI=1S/C20H26N2O3/c1-3-13-4-6-14(7-5-13)15-8-17(9-15)22(2)18(23)16-10-20(11-16)12-25-19(24)21-20/h4-7,15-17H,3,8-12H2,1-2H3,(H,21,24). The highest BCUT2D eigenvalue weighted by atomic mass is 16.6. The lowest BCUT2D eigenvalue weighted by Gasteiger charge is -2.47. The minimum atomic E-state index is -0.352. The Balaban J connectivity index is 1.27. The van der Waals surface area contributed by atoms with E-state index in [0.29, 0.717) is 31.4 Å². The van der Waals surface area contributed by atoms with Gasteiger partial charge in [0, 0.05) is 19.0 Å². The molecule has 0 bridgehead atoms. The van der Waals surface area contributed by atoms with Gasteiger partial charge in [-0.25, -0.2) is 4.79 Å². The van der Waals surface area contributed by atoms with Crippen LogP contribution in [-0.2, 0) is 16.0 Å². The summed E-state index contributed by atoms with van der Waals surface area (Å²) >= 11 is 0. The van der Waals surface area contributed by atoms with E-state index in [-0.39, 0.29) is 23.5 Å². The summed E-state index contributed by atoms with van der Waals surface area (Å²) in [5.41, 5.74) is 2.48. The molecule has 1 aromatic carbocycles. The van der Waals surface area contributed by atoms with Crippen LogP contribution in [-0.4, -0.2) is 42.1 Å². The van der Waals surface area contributed by atoms with E-state index in [1.165, 1.54) is 11.1 Å². The minimum absolute atomic E-state index is 0.0230. The van der Waals surface area contributed by atoms with Crippen molar-refractivity contribution in [3.05, 3.63) is 35.4 Å². The molecular formula is C20H26N2O3. The van der Waals surface area contributed by atoms with Crippen LogP contribution in [0.2, 0.25) is 0 Å². The van der Waals surface area contributed by atoms with Gasteiger partial charge in [-0.05, 0) is 49.1 Å². The Bertz CT molecular complexity index is 673. The Morgan fingerprint density at radius 2 is 1.96 bits per heavy atom. The molecule has 25 heavy (non-hydrogen) atoms. The number of carbonyl (C=O) groups excluding carboxylic acids is 2. The van der Waals surface area contributed by atoms with Gasteiger partial charge in [-0.3, -0.25) is 4.79 Å². The molecule has 1 N–H and O–H groups in total. The molecule has 0 atom stereocenters. The van der Waals surface area contributed by atoms with Gasteiger partial charge in [0.1, 0.15) is 6.61 Å². The first-order valence-electron chi connectivity index (χ1n) is 9.30. The number of nitrogens with zero attached hydrogens (tertiary/aromatic N) is 1. The zero-order valence-electron chi connectivity index (χ0n) is 15.0. The lowest BCUT2D eigenvalue weighted by Crippen LogP contribution is -2.59. The number of benzene rings is 1. The Labute approximate surface area is 148 Å². The third kappa shape index (κ3) is 2.90. The van der Waals surface area contributed by atoms with Crippen LogP contribution in [0.5, 0.6) is 0 Å². The monoisotopic (exact) mass is 342 g/mol. The van der Waals surface area contributed by atoms with E-state index in [2.05, 4.69) is 36.5 Å². The Morgan fingerprint density at radius 3 is 2.52 bits per heavy atom. The highest BCUT2D eigenvalue weighted by molar-refractivity contribution is 5.81. The molecule has 1 aliphatic heterocycles. The van der Waals surface area contributed by atoms with E-state index in [9.17, 15) is 9.59 Å². The van der Waals surface area contributed by atoms with Gasteiger partial charge < -0.3 is 15.0 Å². The first-order chi connectivity index (χ1) is 12.0. The molecule has 2 aliphatic carbocycles. The number of carbonyl (C=O) groups is 2.